The number of rotatable bonds is 4. The minimum Gasteiger partial charge on any atom is -0.335 e. The first-order chi connectivity index (χ1) is 11.2. The molecule has 0 spiro atoms. The second-order valence-corrected chi connectivity index (χ2v) is 6.35. The Bertz CT molecular complexity index is 814. The fourth-order valence-electron chi connectivity index (χ4n) is 2.15. The van der Waals surface area contributed by atoms with Crippen LogP contribution in [-0.2, 0) is 0 Å². The monoisotopic (exact) mass is 446 g/mol. The molecule has 2 aromatic carbocycles. The van der Waals surface area contributed by atoms with Crippen molar-refractivity contribution in [1.82, 2.24) is 4.90 Å². The van der Waals surface area contributed by atoms with Crippen molar-refractivity contribution in [2.24, 2.45) is 0 Å². The molecule has 8 heteroatoms. The summed E-state index contributed by atoms with van der Waals surface area (Å²) in [7, 11) is 1.50. The molecule has 1 atom stereocenters. The first-order valence-corrected chi connectivity index (χ1v) is 7.96. The Morgan fingerprint density at radius 3 is 2.46 bits per heavy atom. The minimum absolute atomic E-state index is 0.182. The molecule has 1 amide bonds. The SMILES string of the molecule is CC(c1ccc(F)c(F)c1)N(C)C(=O)c1cc([N+](=O)[O-])ccc1I. The van der Waals surface area contributed by atoms with Crippen LogP contribution in [0.5, 0.6) is 0 Å². The highest BCUT2D eigenvalue weighted by Crippen LogP contribution is 2.26. The molecule has 1 unspecified atom stereocenters. The molecular weight excluding hydrogens is 433 g/mol. The number of hydrogen-bond acceptors (Lipinski definition) is 3. The average Bonchev–Trinajstić information content (AvgIpc) is 2.55. The minimum atomic E-state index is -0.995. The van der Waals surface area contributed by atoms with Gasteiger partial charge in [0.1, 0.15) is 0 Å². The molecule has 2 aromatic rings. The summed E-state index contributed by atoms with van der Waals surface area (Å²) in [5.74, 6) is -2.40. The molecule has 2 rings (SSSR count). The van der Waals surface area contributed by atoms with Gasteiger partial charge in [-0.2, -0.15) is 0 Å². The number of non-ortho nitro benzene ring substituents is 1. The fourth-order valence-corrected chi connectivity index (χ4v) is 2.72. The van der Waals surface area contributed by atoms with Gasteiger partial charge in [-0.1, -0.05) is 6.07 Å². The van der Waals surface area contributed by atoms with E-state index in [0.717, 1.165) is 12.1 Å². The Balaban J connectivity index is 2.33. The smallest absolute Gasteiger partial charge is 0.270 e. The van der Waals surface area contributed by atoms with Crippen LogP contribution in [-0.4, -0.2) is 22.8 Å². The van der Waals surface area contributed by atoms with Gasteiger partial charge in [-0.05, 0) is 53.3 Å². The molecule has 0 heterocycles. The van der Waals surface area contributed by atoms with E-state index in [1.165, 1.54) is 36.2 Å². The molecular formula is C16H13F2IN2O3. The number of carbonyl (C=O) groups is 1. The summed E-state index contributed by atoms with van der Waals surface area (Å²) in [5.41, 5.74) is 0.416. The van der Waals surface area contributed by atoms with Gasteiger partial charge in [0, 0.05) is 22.8 Å². The number of benzene rings is 2. The molecule has 126 valence electrons. The molecule has 5 nitrogen and oxygen atoms in total. The lowest BCUT2D eigenvalue weighted by atomic mass is 10.1. The molecule has 0 aliphatic heterocycles. The van der Waals surface area contributed by atoms with E-state index in [1.807, 2.05) is 22.6 Å². The summed E-state index contributed by atoms with van der Waals surface area (Å²) in [4.78, 5) is 24.3. The average molecular weight is 446 g/mol. The largest absolute Gasteiger partial charge is 0.335 e. The molecule has 0 radical (unpaired) electrons. The van der Waals surface area contributed by atoms with E-state index in [9.17, 15) is 23.7 Å². The van der Waals surface area contributed by atoms with Gasteiger partial charge in [0.25, 0.3) is 11.6 Å². The number of nitro groups is 1. The molecule has 0 N–H and O–H groups in total. The molecule has 0 fully saturated rings. The van der Waals surface area contributed by atoms with Gasteiger partial charge >= 0.3 is 0 Å². The van der Waals surface area contributed by atoms with Crippen LogP contribution in [0.4, 0.5) is 14.5 Å². The lowest BCUT2D eigenvalue weighted by Crippen LogP contribution is -2.30. The predicted molar refractivity (Wildman–Crippen MR) is 92.7 cm³/mol. The zero-order chi connectivity index (χ0) is 18.0. The van der Waals surface area contributed by atoms with Crippen molar-refractivity contribution in [3.63, 3.8) is 0 Å². The Kier molecular flexibility index (Phi) is 5.47. The van der Waals surface area contributed by atoms with E-state index in [2.05, 4.69) is 0 Å². The second-order valence-electron chi connectivity index (χ2n) is 5.19. The van der Waals surface area contributed by atoms with Crippen LogP contribution in [0.15, 0.2) is 36.4 Å². The first kappa shape index (κ1) is 18.2. The molecule has 24 heavy (non-hydrogen) atoms. The molecule has 0 saturated carbocycles. The number of amides is 1. The van der Waals surface area contributed by atoms with Crippen LogP contribution >= 0.6 is 22.6 Å². The lowest BCUT2D eigenvalue weighted by Gasteiger charge is -2.26. The molecule has 0 saturated heterocycles. The van der Waals surface area contributed by atoms with Gasteiger partial charge < -0.3 is 4.90 Å². The van der Waals surface area contributed by atoms with E-state index < -0.39 is 28.5 Å². The Morgan fingerprint density at radius 1 is 1.21 bits per heavy atom. The van der Waals surface area contributed by atoms with Crippen LogP contribution < -0.4 is 0 Å². The van der Waals surface area contributed by atoms with Crippen LogP contribution in [0.25, 0.3) is 0 Å². The maximum Gasteiger partial charge on any atom is 0.270 e. The van der Waals surface area contributed by atoms with E-state index in [-0.39, 0.29) is 11.3 Å². The Labute approximate surface area is 150 Å². The van der Waals surface area contributed by atoms with Gasteiger partial charge in [0.2, 0.25) is 0 Å². The van der Waals surface area contributed by atoms with Crippen molar-refractivity contribution >= 4 is 34.2 Å². The predicted octanol–water partition coefficient (Wildman–Crippen LogP) is 4.31. The number of halogens is 3. The van der Waals surface area contributed by atoms with Gasteiger partial charge in [-0.25, -0.2) is 8.78 Å². The molecule has 0 aliphatic carbocycles. The zero-order valence-electron chi connectivity index (χ0n) is 12.8. The third-order valence-electron chi connectivity index (χ3n) is 3.72. The molecule has 0 bridgehead atoms. The summed E-state index contributed by atoms with van der Waals surface area (Å²) < 4.78 is 27.0. The standard InChI is InChI=1S/C16H13F2IN2O3/c1-9(10-3-5-13(17)14(18)7-10)20(2)16(22)12-8-11(21(23)24)4-6-15(12)19/h3-9H,1-2H3. The third kappa shape index (κ3) is 3.69. The van der Waals surface area contributed by atoms with Gasteiger partial charge in [-0.15, -0.1) is 0 Å². The van der Waals surface area contributed by atoms with E-state index >= 15 is 0 Å². The third-order valence-corrected chi connectivity index (χ3v) is 4.66. The van der Waals surface area contributed by atoms with Crippen LogP contribution in [0, 0.1) is 25.3 Å². The van der Waals surface area contributed by atoms with E-state index in [0.29, 0.717) is 9.13 Å². The van der Waals surface area contributed by atoms with Crippen molar-refractivity contribution < 1.29 is 18.5 Å². The van der Waals surface area contributed by atoms with Gasteiger partial charge in [0.05, 0.1) is 16.5 Å². The number of hydrogen-bond donors (Lipinski definition) is 0. The van der Waals surface area contributed by atoms with Crippen molar-refractivity contribution in [2.75, 3.05) is 7.05 Å². The lowest BCUT2D eigenvalue weighted by molar-refractivity contribution is -0.384. The van der Waals surface area contributed by atoms with Crippen molar-refractivity contribution in [3.8, 4) is 0 Å². The first-order valence-electron chi connectivity index (χ1n) is 6.88. The van der Waals surface area contributed by atoms with Crippen molar-refractivity contribution in [1.29, 1.82) is 0 Å². The summed E-state index contributed by atoms with van der Waals surface area (Å²) in [6, 6.07) is 6.89. The van der Waals surface area contributed by atoms with Crippen molar-refractivity contribution in [2.45, 2.75) is 13.0 Å². The number of nitro benzene ring substituents is 1. The highest BCUT2D eigenvalue weighted by atomic mass is 127. The highest BCUT2D eigenvalue weighted by molar-refractivity contribution is 14.1. The molecule has 0 aliphatic rings. The fraction of sp³-hybridized carbons (Fsp3) is 0.188. The van der Waals surface area contributed by atoms with Crippen LogP contribution in [0.1, 0.15) is 28.9 Å². The Hall–Kier alpha value is -2.10. The van der Waals surface area contributed by atoms with Gasteiger partial charge in [-0.3, -0.25) is 14.9 Å². The van der Waals surface area contributed by atoms with Crippen LogP contribution in [0.3, 0.4) is 0 Å². The van der Waals surface area contributed by atoms with E-state index in [4.69, 9.17) is 0 Å². The Morgan fingerprint density at radius 2 is 1.88 bits per heavy atom. The van der Waals surface area contributed by atoms with E-state index in [1.54, 1.807) is 6.92 Å². The normalized spacial score (nSPS) is 11.9. The maximum atomic E-state index is 13.4. The summed E-state index contributed by atoms with van der Waals surface area (Å²) >= 11 is 1.92. The summed E-state index contributed by atoms with van der Waals surface area (Å²) in [6.07, 6.45) is 0. The topological polar surface area (TPSA) is 63.5 Å². The quantitative estimate of drug-likeness (QED) is 0.400. The number of carbonyl (C=O) groups excluding carboxylic acids is 1. The summed E-state index contributed by atoms with van der Waals surface area (Å²) in [5, 5.41) is 10.9. The van der Waals surface area contributed by atoms with Crippen molar-refractivity contribution in [3.05, 3.63) is 72.8 Å². The summed E-state index contributed by atoms with van der Waals surface area (Å²) in [6.45, 7) is 1.66. The maximum absolute atomic E-state index is 13.4. The molecule has 0 aromatic heterocycles. The van der Waals surface area contributed by atoms with Crippen LogP contribution in [0.2, 0.25) is 0 Å². The van der Waals surface area contributed by atoms with Gasteiger partial charge in [0.15, 0.2) is 11.6 Å². The number of nitrogens with zero attached hydrogens (tertiary/aromatic N) is 2. The zero-order valence-corrected chi connectivity index (χ0v) is 15.0. The second kappa shape index (κ2) is 7.20. The highest BCUT2D eigenvalue weighted by Gasteiger charge is 2.23.